The summed E-state index contributed by atoms with van der Waals surface area (Å²) >= 11 is 1.61. The van der Waals surface area contributed by atoms with Crippen molar-refractivity contribution >= 4 is 34.8 Å². The highest BCUT2D eigenvalue weighted by molar-refractivity contribution is 8.08. The Morgan fingerprint density at radius 3 is 2.39 bits per heavy atom. The van der Waals surface area contributed by atoms with Crippen LogP contribution in [0.5, 0.6) is 0 Å². The zero-order valence-corrected chi connectivity index (χ0v) is 16.7. The summed E-state index contributed by atoms with van der Waals surface area (Å²) in [5.41, 5.74) is 18.6. The van der Waals surface area contributed by atoms with E-state index in [1.807, 2.05) is 61.5 Å². The number of benzene rings is 2. The van der Waals surface area contributed by atoms with Crippen LogP contribution in [0.15, 0.2) is 94.9 Å². The van der Waals surface area contributed by atoms with Crippen molar-refractivity contribution in [3.8, 4) is 0 Å². The number of nitrogens with two attached hydrogens (primary N) is 3. The molecule has 6 heteroatoms. The second-order valence-electron chi connectivity index (χ2n) is 5.99. The summed E-state index contributed by atoms with van der Waals surface area (Å²) in [6.45, 7) is 9.51. The van der Waals surface area contributed by atoms with E-state index in [0.717, 1.165) is 31.6 Å². The first-order chi connectivity index (χ1) is 13.4. The molecule has 0 bridgehead atoms. The first-order valence-corrected chi connectivity index (χ1v) is 9.39. The molecule has 5 nitrogen and oxygen atoms in total. The summed E-state index contributed by atoms with van der Waals surface area (Å²) in [4.78, 5) is 6.46. The Balaban J connectivity index is 2.24. The molecule has 28 heavy (non-hydrogen) atoms. The van der Waals surface area contributed by atoms with Gasteiger partial charge < -0.3 is 22.5 Å². The number of hydrogen-bond donors (Lipinski definition) is 4. The maximum Gasteiger partial charge on any atom is 0.125 e. The highest BCUT2D eigenvalue weighted by atomic mass is 32.2. The molecule has 2 rings (SSSR count). The van der Waals surface area contributed by atoms with Gasteiger partial charge in [0.1, 0.15) is 5.84 Å². The van der Waals surface area contributed by atoms with Crippen LogP contribution in [0.1, 0.15) is 6.92 Å². The molecule has 2 aromatic rings. The van der Waals surface area contributed by atoms with Gasteiger partial charge in [0.15, 0.2) is 0 Å². The molecule has 0 radical (unpaired) electrons. The topological polar surface area (TPSA) is 102 Å². The molecule has 0 saturated heterocycles. The minimum Gasteiger partial charge on any atom is -0.405 e. The molecule has 0 spiro atoms. The van der Waals surface area contributed by atoms with Crippen LogP contribution in [-0.2, 0) is 0 Å². The molecule has 0 saturated carbocycles. The average Bonchev–Trinajstić information content (AvgIpc) is 2.62. The van der Waals surface area contributed by atoms with Crippen molar-refractivity contribution in [1.82, 2.24) is 5.32 Å². The third-order valence-corrected chi connectivity index (χ3v) is 4.66. The van der Waals surface area contributed by atoms with Gasteiger partial charge in [-0.2, -0.15) is 0 Å². The van der Waals surface area contributed by atoms with Crippen LogP contribution in [0.4, 0.5) is 5.69 Å². The number of thioether (sulfide) groups is 1. The highest BCUT2D eigenvalue weighted by Crippen LogP contribution is 2.29. The summed E-state index contributed by atoms with van der Waals surface area (Å²) < 4.78 is 0. The van der Waals surface area contributed by atoms with Crippen LogP contribution in [0.25, 0.3) is 11.5 Å². The lowest BCUT2D eigenvalue weighted by Crippen LogP contribution is -2.23. The largest absolute Gasteiger partial charge is 0.405 e. The van der Waals surface area contributed by atoms with Crippen molar-refractivity contribution in [3.05, 3.63) is 95.4 Å². The number of aliphatic imine (C=N–C) groups is 1. The summed E-state index contributed by atoms with van der Waals surface area (Å²) in [7, 11) is 0. The second kappa shape index (κ2) is 10.1. The molecular formula is C22H25N5S. The van der Waals surface area contributed by atoms with Gasteiger partial charge in [0.2, 0.25) is 0 Å². The molecule has 0 fully saturated rings. The Hall–Kier alpha value is -3.38. The fraction of sp³-hybridized carbons (Fsp3) is 0.0455. The van der Waals surface area contributed by atoms with E-state index in [1.54, 1.807) is 17.8 Å². The summed E-state index contributed by atoms with van der Waals surface area (Å²) in [6, 6.07) is 15.8. The zero-order valence-electron chi connectivity index (χ0n) is 15.9. The standard InChI is InChI=1S/C22H25N5S/c1-15-6-4-5-7-20(15)21(12-13-23)28-19-10-8-18(9-11-19)27-22(25)14-16(2)26-17(3)24/h4-14,26H,1,3,23-24H2,2H3,(H2,25,27)/b13-12-,16-14?,21-20+. The van der Waals surface area contributed by atoms with Crippen molar-refractivity contribution in [3.63, 3.8) is 0 Å². The molecule has 0 heterocycles. The van der Waals surface area contributed by atoms with Crippen molar-refractivity contribution in [2.24, 2.45) is 22.2 Å². The van der Waals surface area contributed by atoms with E-state index in [9.17, 15) is 0 Å². The number of nitrogens with zero attached hydrogens (tertiary/aromatic N) is 1. The van der Waals surface area contributed by atoms with E-state index >= 15 is 0 Å². The highest BCUT2D eigenvalue weighted by Gasteiger charge is 2.01. The van der Waals surface area contributed by atoms with E-state index in [1.165, 1.54) is 6.20 Å². The Bertz CT molecular complexity index is 1030. The summed E-state index contributed by atoms with van der Waals surface area (Å²) in [5.74, 6) is 0.723. The van der Waals surface area contributed by atoms with E-state index in [-0.39, 0.29) is 0 Å². The number of nitrogens with one attached hydrogen (secondary N) is 1. The Morgan fingerprint density at radius 1 is 1.11 bits per heavy atom. The minimum atomic E-state index is 0.352. The van der Waals surface area contributed by atoms with Crippen LogP contribution in [0.3, 0.4) is 0 Å². The molecule has 0 aliphatic carbocycles. The molecule has 0 aromatic heterocycles. The van der Waals surface area contributed by atoms with Gasteiger partial charge in [0.05, 0.1) is 11.5 Å². The third-order valence-electron chi connectivity index (χ3n) is 3.58. The van der Waals surface area contributed by atoms with Crippen molar-refractivity contribution in [1.29, 1.82) is 0 Å². The molecule has 0 aliphatic rings. The minimum absolute atomic E-state index is 0.352. The molecule has 0 unspecified atom stereocenters. The normalized spacial score (nSPS) is 13.5. The van der Waals surface area contributed by atoms with Gasteiger partial charge in [-0.05, 0) is 60.0 Å². The first kappa shape index (κ1) is 20.9. The average molecular weight is 392 g/mol. The quantitative estimate of drug-likeness (QED) is 0.330. The van der Waals surface area contributed by atoms with Crippen LogP contribution < -0.4 is 33.0 Å². The number of rotatable bonds is 7. The molecule has 2 aromatic carbocycles. The summed E-state index contributed by atoms with van der Waals surface area (Å²) in [6.07, 6.45) is 5.11. The van der Waals surface area contributed by atoms with Crippen LogP contribution >= 0.6 is 11.8 Å². The van der Waals surface area contributed by atoms with Crippen LogP contribution in [0.2, 0.25) is 0 Å². The summed E-state index contributed by atoms with van der Waals surface area (Å²) in [5, 5.41) is 4.88. The SMILES string of the molecule is C=C(N)NC(C)=CC(N)=Nc1ccc(SC(/C=C\N)=c2\ccccc2=C)cc1. The molecule has 144 valence electrons. The predicted molar refractivity (Wildman–Crippen MR) is 122 cm³/mol. The molecular weight excluding hydrogens is 366 g/mol. The molecule has 7 N–H and O–H groups in total. The fourth-order valence-corrected chi connectivity index (χ4v) is 3.42. The zero-order chi connectivity index (χ0) is 20.5. The van der Waals surface area contributed by atoms with Crippen molar-refractivity contribution < 1.29 is 0 Å². The van der Waals surface area contributed by atoms with E-state index in [4.69, 9.17) is 17.2 Å². The Kier molecular flexibility index (Phi) is 7.54. The lowest BCUT2D eigenvalue weighted by Gasteiger charge is -2.05. The fourth-order valence-electron chi connectivity index (χ4n) is 2.44. The lowest BCUT2D eigenvalue weighted by molar-refractivity contribution is 0.956. The second-order valence-corrected chi connectivity index (χ2v) is 7.11. The first-order valence-electron chi connectivity index (χ1n) is 8.57. The number of amidine groups is 1. The smallest absolute Gasteiger partial charge is 0.125 e. The van der Waals surface area contributed by atoms with E-state index in [2.05, 4.69) is 23.5 Å². The Labute approximate surface area is 169 Å². The maximum atomic E-state index is 5.96. The molecule has 0 amide bonds. The van der Waals surface area contributed by atoms with Gasteiger partial charge in [-0.1, -0.05) is 49.2 Å². The molecule has 0 atom stereocenters. The van der Waals surface area contributed by atoms with Gasteiger partial charge in [-0.25, -0.2) is 4.99 Å². The van der Waals surface area contributed by atoms with Crippen LogP contribution in [-0.4, -0.2) is 5.84 Å². The number of allylic oxidation sites excluding steroid dienone is 1. The monoisotopic (exact) mass is 391 g/mol. The van der Waals surface area contributed by atoms with Gasteiger partial charge in [0.25, 0.3) is 0 Å². The van der Waals surface area contributed by atoms with Gasteiger partial charge in [-0.3, -0.25) is 0 Å². The molecule has 0 aliphatic heterocycles. The van der Waals surface area contributed by atoms with E-state index < -0.39 is 0 Å². The van der Waals surface area contributed by atoms with Crippen LogP contribution in [0, 0.1) is 0 Å². The number of hydrogen-bond acceptors (Lipinski definition) is 5. The third kappa shape index (κ3) is 6.41. The maximum absolute atomic E-state index is 5.96. The van der Waals surface area contributed by atoms with Crippen molar-refractivity contribution in [2.45, 2.75) is 11.8 Å². The predicted octanol–water partition coefficient (Wildman–Crippen LogP) is 2.38. The van der Waals surface area contributed by atoms with E-state index in [0.29, 0.717) is 11.7 Å². The van der Waals surface area contributed by atoms with Gasteiger partial charge in [0, 0.05) is 15.5 Å². The van der Waals surface area contributed by atoms with Gasteiger partial charge in [-0.15, -0.1) is 0 Å². The lowest BCUT2D eigenvalue weighted by atomic mass is 10.2. The Morgan fingerprint density at radius 2 is 1.79 bits per heavy atom. The van der Waals surface area contributed by atoms with Crippen molar-refractivity contribution in [2.75, 3.05) is 0 Å². The van der Waals surface area contributed by atoms with Gasteiger partial charge >= 0.3 is 0 Å².